The number of hydrogen-bond acceptors (Lipinski definition) is 4. The molecule has 24 heavy (non-hydrogen) atoms. The smallest absolute Gasteiger partial charge is 0.125 e. The van der Waals surface area contributed by atoms with Crippen LogP contribution < -0.4 is 9.64 Å². The molecule has 2 aromatic rings. The van der Waals surface area contributed by atoms with Crippen LogP contribution in [0.1, 0.15) is 18.1 Å². The Balaban J connectivity index is 1.79. The molecule has 2 aromatic carbocycles. The Morgan fingerprint density at radius 3 is 2.62 bits per heavy atom. The van der Waals surface area contributed by atoms with Crippen molar-refractivity contribution in [2.75, 3.05) is 25.2 Å². The number of methoxy groups -OCH3 is 1. The van der Waals surface area contributed by atoms with E-state index in [0.717, 1.165) is 30.1 Å². The number of aliphatic hydroxyl groups excluding tert-OH is 1. The van der Waals surface area contributed by atoms with E-state index in [2.05, 4.69) is 17.0 Å². The molecule has 1 aliphatic heterocycles. The highest BCUT2D eigenvalue weighted by Gasteiger charge is 2.23. The number of β-amino-alcohol motifs (C(OH)–C–C–N with tert-alkyl or cyclic N) is 1. The Bertz CT molecular complexity index is 688. The van der Waals surface area contributed by atoms with Crippen LogP contribution in [-0.2, 0) is 13.1 Å². The highest BCUT2D eigenvalue weighted by atomic mass is 19.1. The molecule has 4 nitrogen and oxygen atoms in total. The number of anilines is 1. The summed E-state index contributed by atoms with van der Waals surface area (Å²) >= 11 is 0. The normalized spacial score (nSPS) is 15.9. The van der Waals surface area contributed by atoms with Gasteiger partial charge in [-0.2, -0.15) is 0 Å². The topological polar surface area (TPSA) is 35.9 Å². The highest BCUT2D eigenvalue weighted by Crippen LogP contribution is 2.29. The van der Waals surface area contributed by atoms with Gasteiger partial charge in [0.05, 0.1) is 19.9 Å². The largest absolute Gasteiger partial charge is 0.497 e. The van der Waals surface area contributed by atoms with Crippen LogP contribution in [0.2, 0.25) is 0 Å². The summed E-state index contributed by atoms with van der Waals surface area (Å²) in [6.45, 7) is 4.44. The van der Waals surface area contributed by atoms with Crippen molar-refractivity contribution in [2.24, 2.45) is 0 Å². The van der Waals surface area contributed by atoms with Crippen molar-refractivity contribution in [1.29, 1.82) is 0 Å². The number of ether oxygens (including phenoxy) is 1. The van der Waals surface area contributed by atoms with Gasteiger partial charge in [0.15, 0.2) is 0 Å². The zero-order valence-electron chi connectivity index (χ0n) is 14.1. The number of nitrogens with zero attached hydrogens (tertiary/aromatic N) is 2. The second-order valence-corrected chi connectivity index (χ2v) is 6.32. The predicted molar refractivity (Wildman–Crippen MR) is 92.5 cm³/mol. The van der Waals surface area contributed by atoms with E-state index in [4.69, 9.17) is 4.74 Å². The Hall–Kier alpha value is -2.11. The standard InChI is InChI=1S/C19H23FN2O2/c1-14(23)10-22-13-21(11-15-3-7-18(24-2)8-4-15)12-16-5-6-17(20)9-19(16)22/h3-9,14,23H,10-13H2,1-2H3/t14-/m0/s1. The molecular weight excluding hydrogens is 307 g/mol. The number of hydrogen-bond donors (Lipinski definition) is 1. The third-order valence-corrected chi connectivity index (χ3v) is 4.20. The minimum absolute atomic E-state index is 0.243. The fraction of sp³-hybridized carbons (Fsp3) is 0.368. The molecule has 0 fully saturated rings. The maximum Gasteiger partial charge on any atom is 0.125 e. The number of halogens is 1. The van der Waals surface area contributed by atoms with Crippen LogP contribution in [0.15, 0.2) is 42.5 Å². The zero-order chi connectivity index (χ0) is 17.1. The molecule has 0 unspecified atom stereocenters. The summed E-state index contributed by atoms with van der Waals surface area (Å²) in [5.41, 5.74) is 3.15. The van der Waals surface area contributed by atoms with Crippen LogP contribution in [0.3, 0.4) is 0 Å². The molecule has 0 saturated carbocycles. The summed E-state index contributed by atoms with van der Waals surface area (Å²) in [5.74, 6) is 0.599. The van der Waals surface area contributed by atoms with Gasteiger partial charge in [-0.25, -0.2) is 4.39 Å². The van der Waals surface area contributed by atoms with E-state index < -0.39 is 6.10 Å². The van der Waals surface area contributed by atoms with Gasteiger partial charge in [0, 0.05) is 25.3 Å². The molecule has 1 aliphatic rings. The van der Waals surface area contributed by atoms with E-state index in [9.17, 15) is 9.50 Å². The van der Waals surface area contributed by atoms with E-state index in [0.29, 0.717) is 13.2 Å². The monoisotopic (exact) mass is 330 g/mol. The van der Waals surface area contributed by atoms with Crippen LogP contribution in [0.25, 0.3) is 0 Å². The summed E-state index contributed by atoms with van der Waals surface area (Å²) in [6.07, 6.45) is -0.470. The third-order valence-electron chi connectivity index (χ3n) is 4.20. The third kappa shape index (κ3) is 3.86. The number of benzene rings is 2. The first-order chi connectivity index (χ1) is 11.5. The molecule has 3 rings (SSSR count). The maximum absolute atomic E-state index is 13.6. The lowest BCUT2D eigenvalue weighted by Gasteiger charge is -2.39. The first-order valence-corrected chi connectivity index (χ1v) is 8.12. The second-order valence-electron chi connectivity index (χ2n) is 6.32. The van der Waals surface area contributed by atoms with Crippen LogP contribution in [0.5, 0.6) is 5.75 Å². The summed E-state index contributed by atoms with van der Waals surface area (Å²) in [4.78, 5) is 4.32. The molecule has 5 heteroatoms. The molecule has 0 saturated heterocycles. The zero-order valence-corrected chi connectivity index (χ0v) is 14.1. The van der Waals surface area contributed by atoms with Gasteiger partial charge in [-0.15, -0.1) is 0 Å². The molecule has 128 valence electrons. The average molecular weight is 330 g/mol. The summed E-state index contributed by atoms with van der Waals surface area (Å²) in [5, 5.41) is 9.77. The minimum Gasteiger partial charge on any atom is -0.497 e. The lowest BCUT2D eigenvalue weighted by atomic mass is 10.1. The lowest BCUT2D eigenvalue weighted by Crippen LogP contribution is -2.44. The van der Waals surface area contributed by atoms with Gasteiger partial charge in [0.1, 0.15) is 11.6 Å². The van der Waals surface area contributed by atoms with Gasteiger partial charge in [-0.05, 0) is 42.3 Å². The molecule has 0 spiro atoms. The number of fused-ring (bicyclic) bond motifs is 1. The fourth-order valence-corrected chi connectivity index (χ4v) is 3.14. The Kier molecular flexibility index (Phi) is 5.02. The first kappa shape index (κ1) is 16.7. The Morgan fingerprint density at radius 1 is 1.21 bits per heavy atom. The lowest BCUT2D eigenvalue weighted by molar-refractivity contribution is 0.181. The van der Waals surface area contributed by atoms with Crippen LogP contribution in [0, 0.1) is 5.82 Å². The van der Waals surface area contributed by atoms with E-state index in [-0.39, 0.29) is 5.82 Å². The van der Waals surface area contributed by atoms with E-state index >= 15 is 0 Å². The van der Waals surface area contributed by atoms with Gasteiger partial charge in [-0.3, -0.25) is 4.90 Å². The van der Waals surface area contributed by atoms with E-state index in [1.807, 2.05) is 23.1 Å². The summed E-state index contributed by atoms with van der Waals surface area (Å²) in [6, 6.07) is 12.9. The molecule has 0 bridgehead atoms. The molecule has 0 aliphatic carbocycles. The van der Waals surface area contributed by atoms with Crippen molar-refractivity contribution in [3.8, 4) is 5.75 Å². The maximum atomic E-state index is 13.6. The molecular formula is C19H23FN2O2. The van der Waals surface area contributed by atoms with Crippen molar-refractivity contribution in [3.05, 3.63) is 59.4 Å². The van der Waals surface area contributed by atoms with Crippen molar-refractivity contribution >= 4 is 5.69 Å². The number of rotatable bonds is 5. The van der Waals surface area contributed by atoms with Gasteiger partial charge in [0.2, 0.25) is 0 Å². The molecule has 0 amide bonds. The van der Waals surface area contributed by atoms with E-state index in [1.165, 1.54) is 11.6 Å². The molecule has 0 radical (unpaired) electrons. The van der Waals surface area contributed by atoms with Crippen LogP contribution in [0.4, 0.5) is 10.1 Å². The summed E-state index contributed by atoms with van der Waals surface area (Å²) < 4.78 is 18.8. The molecule has 1 N–H and O–H groups in total. The van der Waals surface area contributed by atoms with Crippen molar-refractivity contribution in [1.82, 2.24) is 4.90 Å². The molecule has 0 aromatic heterocycles. The van der Waals surface area contributed by atoms with Crippen LogP contribution in [-0.4, -0.2) is 36.4 Å². The van der Waals surface area contributed by atoms with Gasteiger partial charge in [-0.1, -0.05) is 18.2 Å². The Labute approximate surface area is 142 Å². The van der Waals surface area contributed by atoms with Gasteiger partial charge >= 0.3 is 0 Å². The van der Waals surface area contributed by atoms with E-state index in [1.54, 1.807) is 20.1 Å². The Morgan fingerprint density at radius 2 is 1.96 bits per heavy atom. The SMILES string of the molecule is COc1ccc(CN2Cc3ccc(F)cc3N(C[C@H](C)O)C2)cc1. The summed E-state index contributed by atoms with van der Waals surface area (Å²) in [7, 11) is 1.66. The van der Waals surface area contributed by atoms with Crippen LogP contribution >= 0.6 is 0 Å². The molecule has 1 heterocycles. The number of aliphatic hydroxyl groups is 1. The highest BCUT2D eigenvalue weighted by molar-refractivity contribution is 5.55. The predicted octanol–water partition coefficient (Wildman–Crippen LogP) is 2.99. The quantitative estimate of drug-likeness (QED) is 0.914. The van der Waals surface area contributed by atoms with Crippen molar-refractivity contribution < 1.29 is 14.2 Å². The fourth-order valence-electron chi connectivity index (χ4n) is 3.14. The van der Waals surface area contributed by atoms with Crippen molar-refractivity contribution in [2.45, 2.75) is 26.1 Å². The first-order valence-electron chi connectivity index (χ1n) is 8.12. The minimum atomic E-state index is -0.470. The van der Waals surface area contributed by atoms with Gasteiger partial charge in [0.25, 0.3) is 0 Å². The molecule has 1 atom stereocenters. The van der Waals surface area contributed by atoms with Gasteiger partial charge < -0.3 is 14.7 Å². The average Bonchev–Trinajstić information content (AvgIpc) is 2.56. The van der Waals surface area contributed by atoms with Crippen molar-refractivity contribution in [3.63, 3.8) is 0 Å². The second kappa shape index (κ2) is 7.20.